The highest BCUT2D eigenvalue weighted by Gasteiger charge is 2.23. The molecule has 0 aliphatic heterocycles. The van der Waals surface area contributed by atoms with Crippen LogP contribution in [0.5, 0.6) is 5.75 Å². The summed E-state index contributed by atoms with van der Waals surface area (Å²) >= 11 is 0. The van der Waals surface area contributed by atoms with Gasteiger partial charge < -0.3 is 20.1 Å². The van der Waals surface area contributed by atoms with Crippen LogP contribution in [-0.4, -0.2) is 45.7 Å². The second-order valence-electron chi connectivity index (χ2n) is 5.98. The largest absolute Gasteiger partial charge is 0.497 e. The van der Waals surface area contributed by atoms with Crippen LogP contribution >= 0.6 is 0 Å². The summed E-state index contributed by atoms with van der Waals surface area (Å²) in [5, 5.41) is 5.37. The quantitative estimate of drug-likeness (QED) is 0.704. The molecule has 24 heavy (non-hydrogen) atoms. The van der Waals surface area contributed by atoms with Crippen molar-refractivity contribution in [3.63, 3.8) is 0 Å². The number of aryl methyl sites for hydroxylation is 1. The van der Waals surface area contributed by atoms with E-state index in [9.17, 15) is 9.59 Å². The van der Waals surface area contributed by atoms with Crippen molar-refractivity contribution >= 4 is 11.8 Å². The number of fused-ring (bicyclic) bond motifs is 1. The Morgan fingerprint density at radius 3 is 2.79 bits per heavy atom. The van der Waals surface area contributed by atoms with Crippen LogP contribution in [0.1, 0.15) is 36.3 Å². The van der Waals surface area contributed by atoms with Crippen molar-refractivity contribution in [2.75, 3.05) is 33.9 Å². The van der Waals surface area contributed by atoms with E-state index >= 15 is 0 Å². The second-order valence-corrected chi connectivity index (χ2v) is 5.98. The molecule has 0 radical (unpaired) electrons. The van der Waals surface area contributed by atoms with Gasteiger partial charge in [0.2, 0.25) is 11.8 Å². The van der Waals surface area contributed by atoms with E-state index in [1.54, 1.807) is 14.2 Å². The van der Waals surface area contributed by atoms with Gasteiger partial charge in [-0.2, -0.15) is 0 Å². The number of hydrogen-bond acceptors (Lipinski definition) is 4. The first-order valence-corrected chi connectivity index (χ1v) is 8.33. The van der Waals surface area contributed by atoms with Crippen LogP contribution in [-0.2, 0) is 20.7 Å². The molecule has 1 atom stereocenters. The first-order chi connectivity index (χ1) is 11.6. The predicted molar refractivity (Wildman–Crippen MR) is 91.2 cm³/mol. The lowest BCUT2D eigenvalue weighted by Crippen LogP contribution is -2.38. The monoisotopic (exact) mass is 334 g/mol. The maximum atomic E-state index is 12.1. The van der Waals surface area contributed by atoms with Crippen molar-refractivity contribution in [3.8, 4) is 5.75 Å². The highest BCUT2D eigenvalue weighted by molar-refractivity contribution is 5.85. The van der Waals surface area contributed by atoms with E-state index in [2.05, 4.69) is 22.8 Å². The number of nitrogens with one attached hydrogen (secondary N) is 2. The van der Waals surface area contributed by atoms with Gasteiger partial charge in [-0.05, 0) is 48.4 Å². The first kappa shape index (κ1) is 18.3. The summed E-state index contributed by atoms with van der Waals surface area (Å²) in [4.78, 5) is 23.7. The van der Waals surface area contributed by atoms with E-state index in [-0.39, 0.29) is 24.3 Å². The SMILES string of the molecule is COCCNC(=O)CNC(=O)CC1CCCc2cc(OC)ccc21. The molecule has 1 aliphatic carbocycles. The molecule has 0 heterocycles. The van der Waals surface area contributed by atoms with Crippen LogP contribution in [0.2, 0.25) is 0 Å². The zero-order chi connectivity index (χ0) is 17.4. The number of carbonyl (C=O) groups excluding carboxylic acids is 2. The maximum absolute atomic E-state index is 12.1. The number of ether oxygens (including phenoxy) is 2. The molecule has 0 aromatic heterocycles. The topological polar surface area (TPSA) is 76.7 Å². The summed E-state index contributed by atoms with van der Waals surface area (Å²) in [6.45, 7) is 0.912. The predicted octanol–water partition coefficient (Wildman–Crippen LogP) is 1.38. The molecule has 1 aliphatic rings. The zero-order valence-electron chi connectivity index (χ0n) is 14.4. The molecule has 0 bridgehead atoms. The third kappa shape index (κ3) is 5.23. The maximum Gasteiger partial charge on any atom is 0.239 e. The molecular weight excluding hydrogens is 308 g/mol. The van der Waals surface area contributed by atoms with Gasteiger partial charge in [-0.3, -0.25) is 9.59 Å². The molecule has 1 unspecified atom stereocenters. The Bertz CT molecular complexity index is 574. The van der Waals surface area contributed by atoms with Crippen LogP contribution in [0, 0.1) is 0 Å². The molecule has 1 aromatic carbocycles. The van der Waals surface area contributed by atoms with E-state index in [4.69, 9.17) is 9.47 Å². The Kier molecular flexibility index (Phi) is 7.06. The number of rotatable bonds is 8. The summed E-state index contributed by atoms with van der Waals surface area (Å²) in [6.07, 6.45) is 3.49. The molecule has 2 amide bonds. The van der Waals surface area contributed by atoms with Gasteiger partial charge in [0.1, 0.15) is 5.75 Å². The molecular formula is C18H26N2O4. The number of carbonyl (C=O) groups is 2. The van der Waals surface area contributed by atoms with Gasteiger partial charge in [0.05, 0.1) is 20.3 Å². The highest BCUT2D eigenvalue weighted by Crippen LogP contribution is 2.35. The van der Waals surface area contributed by atoms with E-state index in [0.29, 0.717) is 19.6 Å². The normalized spacial score (nSPS) is 16.2. The molecule has 1 aromatic rings. The highest BCUT2D eigenvalue weighted by atomic mass is 16.5. The zero-order valence-corrected chi connectivity index (χ0v) is 14.4. The summed E-state index contributed by atoms with van der Waals surface area (Å²) in [6, 6.07) is 6.06. The Hall–Kier alpha value is -2.08. The van der Waals surface area contributed by atoms with Gasteiger partial charge in [-0.15, -0.1) is 0 Å². The smallest absolute Gasteiger partial charge is 0.239 e. The van der Waals surface area contributed by atoms with Crippen molar-refractivity contribution in [1.82, 2.24) is 10.6 Å². The van der Waals surface area contributed by atoms with E-state index in [1.807, 2.05) is 6.07 Å². The second kappa shape index (κ2) is 9.27. The third-order valence-corrected chi connectivity index (χ3v) is 4.29. The third-order valence-electron chi connectivity index (χ3n) is 4.29. The van der Waals surface area contributed by atoms with Gasteiger partial charge >= 0.3 is 0 Å². The van der Waals surface area contributed by atoms with Gasteiger partial charge in [-0.1, -0.05) is 6.07 Å². The Morgan fingerprint density at radius 2 is 2.04 bits per heavy atom. The van der Waals surface area contributed by atoms with Crippen LogP contribution in [0.15, 0.2) is 18.2 Å². The molecule has 0 spiro atoms. The standard InChI is InChI=1S/C18H26N2O4/c1-23-9-8-19-18(22)12-20-17(21)11-14-5-3-4-13-10-15(24-2)6-7-16(13)14/h6-7,10,14H,3-5,8-9,11-12H2,1-2H3,(H,19,22)(H,20,21). The first-order valence-electron chi connectivity index (χ1n) is 8.33. The van der Waals surface area contributed by atoms with E-state index in [0.717, 1.165) is 25.0 Å². The fourth-order valence-electron chi connectivity index (χ4n) is 3.06. The van der Waals surface area contributed by atoms with Gasteiger partial charge in [-0.25, -0.2) is 0 Å². The lowest BCUT2D eigenvalue weighted by atomic mass is 9.81. The van der Waals surface area contributed by atoms with Crippen LogP contribution in [0.3, 0.4) is 0 Å². The number of benzene rings is 1. The minimum absolute atomic E-state index is 0.00470. The average Bonchev–Trinajstić information content (AvgIpc) is 2.60. The minimum Gasteiger partial charge on any atom is -0.497 e. The summed E-state index contributed by atoms with van der Waals surface area (Å²) in [7, 11) is 3.23. The number of methoxy groups -OCH3 is 2. The van der Waals surface area contributed by atoms with Gasteiger partial charge in [0, 0.05) is 20.1 Å². The van der Waals surface area contributed by atoms with E-state index < -0.39 is 0 Å². The Morgan fingerprint density at radius 1 is 1.21 bits per heavy atom. The molecule has 0 saturated heterocycles. The van der Waals surface area contributed by atoms with Crippen LogP contribution in [0.4, 0.5) is 0 Å². The lowest BCUT2D eigenvalue weighted by Gasteiger charge is -2.25. The van der Waals surface area contributed by atoms with Gasteiger partial charge in [0.25, 0.3) is 0 Å². The molecule has 2 N–H and O–H groups in total. The van der Waals surface area contributed by atoms with Crippen LogP contribution in [0.25, 0.3) is 0 Å². The molecule has 2 rings (SSSR count). The molecule has 132 valence electrons. The molecule has 6 heteroatoms. The Balaban J connectivity index is 1.84. The molecule has 0 fully saturated rings. The lowest BCUT2D eigenvalue weighted by molar-refractivity contribution is -0.126. The Labute approximate surface area is 142 Å². The minimum atomic E-state index is -0.200. The van der Waals surface area contributed by atoms with Crippen LogP contribution < -0.4 is 15.4 Å². The van der Waals surface area contributed by atoms with Gasteiger partial charge in [0.15, 0.2) is 0 Å². The molecule has 6 nitrogen and oxygen atoms in total. The van der Waals surface area contributed by atoms with Crippen molar-refractivity contribution in [2.24, 2.45) is 0 Å². The summed E-state index contributed by atoms with van der Waals surface area (Å²) < 4.78 is 10.1. The number of hydrogen-bond donors (Lipinski definition) is 2. The van der Waals surface area contributed by atoms with Crippen molar-refractivity contribution in [3.05, 3.63) is 29.3 Å². The van der Waals surface area contributed by atoms with E-state index in [1.165, 1.54) is 11.1 Å². The summed E-state index contributed by atoms with van der Waals surface area (Å²) in [5.74, 6) is 0.766. The average molecular weight is 334 g/mol. The fraction of sp³-hybridized carbons (Fsp3) is 0.556. The van der Waals surface area contributed by atoms with Crippen molar-refractivity contribution < 1.29 is 19.1 Å². The molecule has 0 saturated carbocycles. The fourth-order valence-corrected chi connectivity index (χ4v) is 3.06. The van der Waals surface area contributed by atoms with Crippen molar-refractivity contribution in [2.45, 2.75) is 31.6 Å². The summed E-state index contributed by atoms with van der Waals surface area (Å²) in [5.41, 5.74) is 2.48. The number of amides is 2. The van der Waals surface area contributed by atoms with Crippen molar-refractivity contribution in [1.29, 1.82) is 0 Å².